The molecule has 7 heteroatoms. The number of benzene rings is 1. The summed E-state index contributed by atoms with van der Waals surface area (Å²) in [4.78, 5) is 15.8. The SMILES string of the molecule is Cc1noc(CNC(=O)c2cccc(Cl)c2N)n1. The van der Waals surface area contributed by atoms with Crippen LogP contribution in [0.4, 0.5) is 5.69 Å². The van der Waals surface area contributed by atoms with Crippen LogP contribution in [0.2, 0.25) is 5.02 Å². The molecule has 0 unspecified atom stereocenters. The molecule has 0 aliphatic rings. The quantitative estimate of drug-likeness (QED) is 0.822. The van der Waals surface area contributed by atoms with Gasteiger partial charge in [0, 0.05) is 0 Å². The van der Waals surface area contributed by atoms with Gasteiger partial charge in [0.05, 0.1) is 22.8 Å². The molecular formula is C11H11ClN4O2. The predicted octanol–water partition coefficient (Wildman–Crippen LogP) is 1.54. The van der Waals surface area contributed by atoms with Crippen LogP contribution < -0.4 is 11.1 Å². The number of para-hydroxylation sites is 1. The van der Waals surface area contributed by atoms with Gasteiger partial charge in [0.1, 0.15) is 0 Å². The number of hydrogen-bond donors (Lipinski definition) is 2. The molecule has 2 rings (SSSR count). The second kappa shape index (κ2) is 5.05. The first-order valence-electron chi connectivity index (χ1n) is 5.19. The van der Waals surface area contributed by atoms with Gasteiger partial charge in [0.25, 0.3) is 5.91 Å². The van der Waals surface area contributed by atoms with E-state index in [2.05, 4.69) is 15.5 Å². The van der Waals surface area contributed by atoms with Crippen LogP contribution in [-0.2, 0) is 6.54 Å². The lowest BCUT2D eigenvalue weighted by Crippen LogP contribution is -2.24. The van der Waals surface area contributed by atoms with Crippen LogP contribution in [0.5, 0.6) is 0 Å². The van der Waals surface area contributed by atoms with Gasteiger partial charge in [-0.15, -0.1) is 0 Å². The highest BCUT2D eigenvalue weighted by molar-refractivity contribution is 6.33. The second-order valence-electron chi connectivity index (χ2n) is 3.62. The Bertz CT molecular complexity index is 582. The standard InChI is InChI=1S/C11H11ClN4O2/c1-6-15-9(18-16-6)5-14-11(17)7-3-2-4-8(12)10(7)13/h2-4H,5,13H2,1H3,(H,14,17). The summed E-state index contributed by atoms with van der Waals surface area (Å²) >= 11 is 5.83. The van der Waals surface area contributed by atoms with Crippen molar-refractivity contribution in [3.63, 3.8) is 0 Å². The number of hydrogen-bond acceptors (Lipinski definition) is 5. The molecule has 0 spiro atoms. The van der Waals surface area contributed by atoms with Crippen molar-refractivity contribution >= 4 is 23.2 Å². The molecule has 3 N–H and O–H groups in total. The van der Waals surface area contributed by atoms with Crippen molar-refractivity contribution in [2.24, 2.45) is 0 Å². The Morgan fingerprint density at radius 3 is 3.00 bits per heavy atom. The number of halogens is 1. The molecule has 1 aromatic carbocycles. The summed E-state index contributed by atoms with van der Waals surface area (Å²) < 4.78 is 4.87. The number of aromatic nitrogens is 2. The van der Waals surface area contributed by atoms with Crippen LogP contribution in [0.15, 0.2) is 22.7 Å². The fourth-order valence-electron chi connectivity index (χ4n) is 1.40. The molecule has 94 valence electrons. The number of carbonyl (C=O) groups is 1. The van der Waals surface area contributed by atoms with Gasteiger partial charge < -0.3 is 15.6 Å². The molecule has 6 nitrogen and oxygen atoms in total. The zero-order valence-corrected chi connectivity index (χ0v) is 10.4. The van der Waals surface area contributed by atoms with E-state index in [0.717, 1.165) is 0 Å². The molecule has 1 amide bonds. The van der Waals surface area contributed by atoms with E-state index >= 15 is 0 Å². The Balaban J connectivity index is 2.06. The fourth-order valence-corrected chi connectivity index (χ4v) is 1.57. The van der Waals surface area contributed by atoms with Crippen molar-refractivity contribution in [2.45, 2.75) is 13.5 Å². The molecular weight excluding hydrogens is 256 g/mol. The summed E-state index contributed by atoms with van der Waals surface area (Å²) in [6.07, 6.45) is 0. The van der Waals surface area contributed by atoms with Crippen molar-refractivity contribution in [1.82, 2.24) is 15.5 Å². The summed E-state index contributed by atoms with van der Waals surface area (Å²) in [5, 5.41) is 6.58. The number of nitrogens with zero attached hydrogens (tertiary/aromatic N) is 2. The summed E-state index contributed by atoms with van der Waals surface area (Å²) in [5.41, 5.74) is 6.28. The Kier molecular flexibility index (Phi) is 3.47. The largest absolute Gasteiger partial charge is 0.397 e. The molecule has 0 saturated carbocycles. The average Bonchev–Trinajstić information content (AvgIpc) is 2.76. The maximum Gasteiger partial charge on any atom is 0.253 e. The predicted molar refractivity (Wildman–Crippen MR) is 66.1 cm³/mol. The number of nitrogens with two attached hydrogens (primary N) is 1. The molecule has 0 aliphatic carbocycles. The van der Waals surface area contributed by atoms with Crippen molar-refractivity contribution in [1.29, 1.82) is 0 Å². The molecule has 1 heterocycles. The lowest BCUT2D eigenvalue weighted by Gasteiger charge is -2.06. The summed E-state index contributed by atoms with van der Waals surface area (Å²) in [6, 6.07) is 4.87. The van der Waals surface area contributed by atoms with Gasteiger partial charge in [-0.05, 0) is 19.1 Å². The average molecular weight is 267 g/mol. The minimum Gasteiger partial charge on any atom is -0.397 e. The highest BCUT2D eigenvalue weighted by Gasteiger charge is 2.12. The number of nitrogens with one attached hydrogen (secondary N) is 1. The molecule has 0 atom stereocenters. The number of carbonyl (C=O) groups excluding carboxylic acids is 1. The zero-order valence-electron chi connectivity index (χ0n) is 9.61. The summed E-state index contributed by atoms with van der Waals surface area (Å²) in [7, 11) is 0. The van der Waals surface area contributed by atoms with Crippen LogP contribution in [0, 0.1) is 6.92 Å². The van der Waals surface area contributed by atoms with Gasteiger partial charge in [0.2, 0.25) is 5.89 Å². The number of rotatable bonds is 3. The third kappa shape index (κ3) is 2.60. The van der Waals surface area contributed by atoms with Gasteiger partial charge in [-0.1, -0.05) is 22.8 Å². The summed E-state index contributed by atoms with van der Waals surface area (Å²) in [6.45, 7) is 1.84. The Hall–Kier alpha value is -2.08. The van der Waals surface area contributed by atoms with E-state index in [0.29, 0.717) is 22.3 Å². The minimum atomic E-state index is -0.342. The Morgan fingerprint density at radius 1 is 1.56 bits per heavy atom. The van der Waals surface area contributed by atoms with E-state index in [1.54, 1.807) is 25.1 Å². The molecule has 0 radical (unpaired) electrons. The lowest BCUT2D eigenvalue weighted by atomic mass is 10.1. The lowest BCUT2D eigenvalue weighted by molar-refractivity contribution is 0.0947. The Morgan fingerprint density at radius 2 is 2.33 bits per heavy atom. The van der Waals surface area contributed by atoms with E-state index in [-0.39, 0.29) is 18.1 Å². The van der Waals surface area contributed by atoms with Crippen LogP contribution in [0.25, 0.3) is 0 Å². The van der Waals surface area contributed by atoms with Crippen LogP contribution >= 0.6 is 11.6 Å². The first-order valence-corrected chi connectivity index (χ1v) is 5.57. The minimum absolute atomic E-state index is 0.144. The van der Waals surface area contributed by atoms with E-state index in [1.807, 2.05) is 0 Å². The van der Waals surface area contributed by atoms with Crippen molar-refractivity contribution in [3.8, 4) is 0 Å². The van der Waals surface area contributed by atoms with Gasteiger partial charge in [-0.3, -0.25) is 4.79 Å². The van der Waals surface area contributed by atoms with Gasteiger partial charge in [0.15, 0.2) is 5.82 Å². The zero-order chi connectivity index (χ0) is 13.1. The van der Waals surface area contributed by atoms with E-state index in [1.165, 1.54) is 0 Å². The maximum absolute atomic E-state index is 11.9. The highest BCUT2D eigenvalue weighted by Crippen LogP contribution is 2.22. The molecule has 2 aromatic rings. The molecule has 0 saturated heterocycles. The first-order chi connectivity index (χ1) is 8.58. The number of anilines is 1. The van der Waals surface area contributed by atoms with Crippen LogP contribution in [0.1, 0.15) is 22.1 Å². The van der Waals surface area contributed by atoms with E-state index in [9.17, 15) is 4.79 Å². The maximum atomic E-state index is 11.9. The third-order valence-corrected chi connectivity index (χ3v) is 2.60. The highest BCUT2D eigenvalue weighted by atomic mass is 35.5. The topological polar surface area (TPSA) is 94.0 Å². The van der Waals surface area contributed by atoms with Crippen molar-refractivity contribution in [2.75, 3.05) is 5.73 Å². The summed E-state index contributed by atoms with van der Waals surface area (Å²) in [5.74, 6) is 0.508. The van der Waals surface area contributed by atoms with Gasteiger partial charge in [-0.2, -0.15) is 4.98 Å². The normalized spacial score (nSPS) is 10.3. The van der Waals surface area contributed by atoms with E-state index < -0.39 is 0 Å². The van der Waals surface area contributed by atoms with Crippen LogP contribution in [-0.4, -0.2) is 16.0 Å². The number of nitrogen functional groups attached to an aromatic ring is 1. The van der Waals surface area contributed by atoms with Crippen molar-refractivity contribution in [3.05, 3.63) is 40.5 Å². The first kappa shape index (κ1) is 12.4. The monoisotopic (exact) mass is 266 g/mol. The molecule has 0 fully saturated rings. The smallest absolute Gasteiger partial charge is 0.253 e. The van der Waals surface area contributed by atoms with Gasteiger partial charge in [-0.25, -0.2) is 0 Å². The molecule has 1 aromatic heterocycles. The molecule has 18 heavy (non-hydrogen) atoms. The van der Waals surface area contributed by atoms with Gasteiger partial charge >= 0.3 is 0 Å². The van der Waals surface area contributed by atoms with Crippen LogP contribution in [0.3, 0.4) is 0 Å². The molecule has 0 bridgehead atoms. The second-order valence-corrected chi connectivity index (χ2v) is 4.03. The third-order valence-electron chi connectivity index (χ3n) is 2.27. The number of aryl methyl sites for hydroxylation is 1. The number of amides is 1. The molecule has 0 aliphatic heterocycles. The van der Waals surface area contributed by atoms with E-state index in [4.69, 9.17) is 21.9 Å². The fraction of sp³-hybridized carbons (Fsp3) is 0.182. The van der Waals surface area contributed by atoms with Crippen molar-refractivity contribution < 1.29 is 9.32 Å². The Labute approximate surface area is 108 Å².